The molecule has 3 aromatic rings. The number of aromatic carboxylic acids is 1. The van der Waals surface area contributed by atoms with Crippen molar-refractivity contribution in [2.45, 2.75) is 53.6 Å². The van der Waals surface area contributed by atoms with E-state index in [9.17, 15) is 14.7 Å². The van der Waals surface area contributed by atoms with Gasteiger partial charge in [-0.05, 0) is 41.0 Å². The summed E-state index contributed by atoms with van der Waals surface area (Å²) in [7, 11) is 0. The van der Waals surface area contributed by atoms with Crippen molar-refractivity contribution in [3.8, 4) is 11.1 Å². The van der Waals surface area contributed by atoms with Crippen molar-refractivity contribution in [2.75, 3.05) is 0 Å². The van der Waals surface area contributed by atoms with Crippen LogP contribution in [0.5, 0.6) is 0 Å². The molecule has 0 unspecified atom stereocenters. The monoisotopic (exact) mass is 421 g/mol. The molecule has 1 N–H and O–H groups in total. The molecule has 164 valence electrons. The van der Waals surface area contributed by atoms with Crippen LogP contribution in [0.2, 0.25) is 0 Å². The van der Waals surface area contributed by atoms with E-state index < -0.39 is 5.97 Å². The number of aryl methyl sites for hydroxylation is 1. The largest absolute Gasteiger partial charge is 0.478 e. The third kappa shape index (κ3) is 5.51. The van der Waals surface area contributed by atoms with Gasteiger partial charge in [-0.3, -0.25) is 4.57 Å². The highest BCUT2D eigenvalue weighted by molar-refractivity contribution is 5.95. The molecule has 6 heteroatoms. The molecule has 6 nitrogen and oxygen atoms in total. The molecular weight excluding hydrogens is 390 g/mol. The Kier molecular flexibility index (Phi) is 7.10. The van der Waals surface area contributed by atoms with Crippen LogP contribution in [0, 0.1) is 11.8 Å². The lowest BCUT2D eigenvalue weighted by Gasteiger charge is -2.10. The summed E-state index contributed by atoms with van der Waals surface area (Å²) < 4.78 is 3.36. The average Bonchev–Trinajstić information content (AvgIpc) is 3.01. The van der Waals surface area contributed by atoms with Crippen LogP contribution in [-0.4, -0.2) is 25.4 Å². The topological polar surface area (TPSA) is 77.1 Å². The molecule has 1 aromatic heterocycles. The predicted molar refractivity (Wildman–Crippen MR) is 122 cm³/mol. The highest BCUT2D eigenvalue weighted by Gasteiger charge is 2.16. The maximum Gasteiger partial charge on any atom is 0.346 e. The molecule has 2 aromatic carbocycles. The molecule has 3 rings (SSSR count). The van der Waals surface area contributed by atoms with Crippen molar-refractivity contribution >= 4 is 5.97 Å². The minimum Gasteiger partial charge on any atom is -0.478 e. The van der Waals surface area contributed by atoms with Gasteiger partial charge in [0, 0.05) is 13.0 Å². The Balaban J connectivity index is 1.89. The molecule has 0 aliphatic heterocycles. The molecule has 0 saturated carbocycles. The summed E-state index contributed by atoms with van der Waals surface area (Å²) in [4.78, 5) is 24.5. The van der Waals surface area contributed by atoms with E-state index in [-0.39, 0.29) is 11.3 Å². The van der Waals surface area contributed by atoms with Crippen LogP contribution in [0.15, 0.2) is 53.3 Å². The van der Waals surface area contributed by atoms with Crippen LogP contribution in [0.3, 0.4) is 0 Å². The summed E-state index contributed by atoms with van der Waals surface area (Å²) in [6, 6.07) is 14.7. The minimum atomic E-state index is -0.946. The van der Waals surface area contributed by atoms with Crippen LogP contribution in [0.4, 0.5) is 0 Å². The van der Waals surface area contributed by atoms with Gasteiger partial charge in [0.1, 0.15) is 5.82 Å². The Morgan fingerprint density at radius 3 is 2.29 bits per heavy atom. The van der Waals surface area contributed by atoms with Crippen LogP contribution < -0.4 is 5.69 Å². The van der Waals surface area contributed by atoms with Gasteiger partial charge in [-0.15, -0.1) is 0 Å². The Morgan fingerprint density at radius 1 is 1.00 bits per heavy atom. The van der Waals surface area contributed by atoms with Gasteiger partial charge in [0.25, 0.3) is 0 Å². The fraction of sp³-hybridized carbons (Fsp3) is 0.400. The molecule has 0 aliphatic rings. The maximum atomic E-state index is 13.0. The zero-order valence-electron chi connectivity index (χ0n) is 18.7. The quantitative estimate of drug-likeness (QED) is 0.543. The first-order valence-electron chi connectivity index (χ1n) is 10.8. The predicted octanol–water partition coefficient (Wildman–Crippen LogP) is 4.70. The molecule has 0 bridgehead atoms. The Hall–Kier alpha value is -3.15. The lowest BCUT2D eigenvalue weighted by atomic mass is 9.99. The molecule has 1 heterocycles. The molecule has 31 heavy (non-hydrogen) atoms. The van der Waals surface area contributed by atoms with Gasteiger partial charge >= 0.3 is 11.7 Å². The van der Waals surface area contributed by atoms with E-state index in [4.69, 9.17) is 0 Å². The summed E-state index contributed by atoms with van der Waals surface area (Å²) >= 11 is 0. The van der Waals surface area contributed by atoms with E-state index in [0.29, 0.717) is 30.5 Å². The number of carboxylic acid groups (broad SMARTS) is 1. The number of aromatic nitrogens is 3. The van der Waals surface area contributed by atoms with E-state index in [2.05, 4.69) is 32.8 Å². The van der Waals surface area contributed by atoms with Gasteiger partial charge < -0.3 is 5.11 Å². The highest BCUT2D eigenvalue weighted by atomic mass is 16.4. The van der Waals surface area contributed by atoms with Crippen LogP contribution >= 0.6 is 0 Å². The molecular formula is C25H31N3O3. The summed E-state index contributed by atoms with van der Waals surface area (Å²) in [5, 5.41) is 14.1. The lowest BCUT2D eigenvalue weighted by molar-refractivity contribution is 0.0697. The van der Waals surface area contributed by atoms with E-state index >= 15 is 0 Å². The van der Waals surface area contributed by atoms with Gasteiger partial charge in [-0.25, -0.2) is 14.3 Å². The molecule has 0 aliphatic carbocycles. The van der Waals surface area contributed by atoms with E-state index in [1.54, 1.807) is 21.4 Å². The first-order valence-corrected chi connectivity index (χ1v) is 10.8. The number of hydrogen-bond donors (Lipinski definition) is 1. The Bertz CT molecular complexity index is 1090. The third-order valence-corrected chi connectivity index (χ3v) is 5.27. The lowest BCUT2D eigenvalue weighted by Crippen LogP contribution is -2.26. The summed E-state index contributed by atoms with van der Waals surface area (Å²) in [6.07, 6.45) is 1.66. The fourth-order valence-corrected chi connectivity index (χ4v) is 3.58. The zero-order chi connectivity index (χ0) is 22.5. The van der Waals surface area contributed by atoms with Gasteiger partial charge in [-0.2, -0.15) is 5.10 Å². The van der Waals surface area contributed by atoms with Crippen molar-refractivity contribution in [1.29, 1.82) is 0 Å². The highest BCUT2D eigenvalue weighted by Crippen LogP contribution is 2.24. The average molecular weight is 422 g/mol. The fourth-order valence-electron chi connectivity index (χ4n) is 3.58. The van der Waals surface area contributed by atoms with E-state index in [1.807, 2.05) is 36.4 Å². The second-order valence-corrected chi connectivity index (χ2v) is 8.84. The van der Waals surface area contributed by atoms with Gasteiger partial charge in [0.15, 0.2) is 0 Å². The second-order valence-electron chi connectivity index (χ2n) is 8.84. The smallest absolute Gasteiger partial charge is 0.346 e. The summed E-state index contributed by atoms with van der Waals surface area (Å²) in [5.41, 5.74) is 2.70. The number of carbonyl (C=O) groups is 1. The summed E-state index contributed by atoms with van der Waals surface area (Å²) in [5.74, 6) is 0.767. The zero-order valence-corrected chi connectivity index (χ0v) is 18.7. The van der Waals surface area contributed by atoms with Crippen LogP contribution in [-0.2, 0) is 19.5 Å². The summed E-state index contributed by atoms with van der Waals surface area (Å²) in [6.45, 7) is 9.60. The van der Waals surface area contributed by atoms with Crippen molar-refractivity contribution in [3.63, 3.8) is 0 Å². The van der Waals surface area contributed by atoms with Crippen molar-refractivity contribution in [2.24, 2.45) is 11.8 Å². The first-order chi connectivity index (χ1) is 14.8. The molecule has 0 fully saturated rings. The van der Waals surface area contributed by atoms with Crippen molar-refractivity contribution < 1.29 is 9.90 Å². The number of benzene rings is 2. The van der Waals surface area contributed by atoms with E-state index in [0.717, 1.165) is 29.8 Å². The normalized spacial score (nSPS) is 11.4. The number of carboxylic acids is 1. The van der Waals surface area contributed by atoms with Crippen LogP contribution in [0.25, 0.3) is 11.1 Å². The van der Waals surface area contributed by atoms with Crippen LogP contribution in [0.1, 0.15) is 55.9 Å². The van der Waals surface area contributed by atoms with Crippen molar-refractivity contribution in [3.05, 3.63) is 76.0 Å². The maximum absolute atomic E-state index is 13.0. The first kappa shape index (κ1) is 22.5. The van der Waals surface area contributed by atoms with Gasteiger partial charge in [0.05, 0.1) is 12.1 Å². The Morgan fingerprint density at radius 2 is 1.68 bits per heavy atom. The SMILES string of the molecule is CC(C)CCn1nc(CC(C)C)n(Cc2ccc(-c3ccccc3C(=O)O)cc2)c1=O. The van der Waals surface area contributed by atoms with E-state index in [1.165, 1.54) is 0 Å². The third-order valence-electron chi connectivity index (χ3n) is 5.27. The molecule has 0 radical (unpaired) electrons. The Labute approximate surface area is 183 Å². The number of nitrogens with zero attached hydrogens (tertiary/aromatic N) is 3. The number of hydrogen-bond acceptors (Lipinski definition) is 3. The molecule has 0 saturated heterocycles. The second kappa shape index (κ2) is 9.77. The molecule has 0 atom stereocenters. The molecule has 0 spiro atoms. The minimum absolute atomic E-state index is 0.0726. The van der Waals surface area contributed by atoms with Crippen molar-refractivity contribution in [1.82, 2.24) is 14.3 Å². The molecule has 0 amide bonds. The van der Waals surface area contributed by atoms with Gasteiger partial charge in [-0.1, -0.05) is 70.2 Å². The van der Waals surface area contributed by atoms with Gasteiger partial charge in [0.2, 0.25) is 0 Å². The standard InChI is InChI=1S/C25H31N3O3/c1-17(2)13-14-28-25(31)27(23(26-28)15-18(3)4)16-19-9-11-20(12-10-19)21-7-5-6-8-22(21)24(29)30/h5-12,17-18H,13-16H2,1-4H3,(H,29,30). The number of rotatable bonds is 9.